The van der Waals surface area contributed by atoms with Crippen LogP contribution in [0.15, 0.2) is 12.1 Å². The zero-order valence-electron chi connectivity index (χ0n) is 11.2. The molecular weight excluding hydrogens is 315 g/mol. The number of rotatable bonds is 2. The second-order valence-electron chi connectivity index (χ2n) is 5.51. The molecule has 2 N–H and O–H groups in total. The molecule has 0 saturated carbocycles. The van der Waals surface area contributed by atoms with E-state index in [1.54, 1.807) is 0 Å². The number of benzene rings is 1. The van der Waals surface area contributed by atoms with Gasteiger partial charge < -0.3 is 10.0 Å². The Bertz CT molecular complexity index is 579. The van der Waals surface area contributed by atoms with Crippen LogP contribution in [-0.4, -0.2) is 47.7 Å². The van der Waals surface area contributed by atoms with Gasteiger partial charge in [0.05, 0.1) is 27.7 Å². The average molecular weight is 330 g/mol. The van der Waals surface area contributed by atoms with Crippen molar-refractivity contribution in [2.24, 2.45) is 0 Å². The molecule has 21 heavy (non-hydrogen) atoms. The van der Waals surface area contributed by atoms with Gasteiger partial charge in [-0.2, -0.15) is 0 Å². The van der Waals surface area contributed by atoms with Gasteiger partial charge in [0.15, 0.2) is 6.67 Å². The number of halogens is 2. The van der Waals surface area contributed by atoms with Crippen LogP contribution in [0, 0.1) is 0 Å². The van der Waals surface area contributed by atoms with Gasteiger partial charge >= 0.3 is 0 Å². The quantitative estimate of drug-likeness (QED) is 0.780. The van der Waals surface area contributed by atoms with Crippen molar-refractivity contribution in [2.75, 3.05) is 19.8 Å². The van der Waals surface area contributed by atoms with Crippen LogP contribution in [0.4, 0.5) is 0 Å². The first-order chi connectivity index (χ1) is 9.97. The van der Waals surface area contributed by atoms with Crippen molar-refractivity contribution < 1.29 is 19.6 Å². The number of nitrogens with one attached hydrogen (secondary N) is 1. The van der Waals surface area contributed by atoms with E-state index in [1.165, 1.54) is 17.0 Å². The molecule has 0 aromatic heterocycles. The maximum Gasteiger partial charge on any atom is 0.266 e. The van der Waals surface area contributed by atoms with Crippen LogP contribution >= 0.6 is 23.2 Å². The smallest absolute Gasteiger partial charge is 0.266 e. The van der Waals surface area contributed by atoms with Crippen LogP contribution in [0.1, 0.15) is 33.6 Å². The molecule has 2 heterocycles. The topological polar surface area (TPSA) is 62.0 Å². The number of aliphatic hydroxyl groups is 1. The summed E-state index contributed by atoms with van der Waals surface area (Å²) >= 11 is 11.8. The standard InChI is InChI=1S/C14H14Cl2N2O3/c15-11-4-9-10(5-12(11)16)14(21)18(13(9)20)7-17-3-1-2-8(19)6-17/h4-5,8,19H,1-3,6-7H2/p+1/t8-/m0/s1. The molecule has 0 spiro atoms. The first kappa shape index (κ1) is 14.8. The summed E-state index contributed by atoms with van der Waals surface area (Å²) in [4.78, 5) is 26.9. The summed E-state index contributed by atoms with van der Waals surface area (Å²) in [5, 5.41) is 10.2. The van der Waals surface area contributed by atoms with Crippen LogP contribution in [0.3, 0.4) is 0 Å². The third kappa shape index (κ3) is 2.66. The number of nitrogens with zero attached hydrogens (tertiary/aromatic N) is 1. The average Bonchev–Trinajstić information content (AvgIpc) is 2.65. The monoisotopic (exact) mass is 329 g/mol. The van der Waals surface area contributed by atoms with E-state index >= 15 is 0 Å². The zero-order chi connectivity index (χ0) is 15.1. The number of likely N-dealkylation sites (tertiary alicyclic amines) is 1. The molecule has 1 aromatic rings. The summed E-state index contributed by atoms with van der Waals surface area (Å²) in [5.74, 6) is -0.692. The molecule has 3 rings (SSSR count). The van der Waals surface area contributed by atoms with Crippen molar-refractivity contribution in [1.29, 1.82) is 0 Å². The Kier molecular flexibility index (Phi) is 3.92. The molecule has 2 aliphatic heterocycles. The fourth-order valence-electron chi connectivity index (χ4n) is 2.92. The Morgan fingerprint density at radius 3 is 2.29 bits per heavy atom. The van der Waals surface area contributed by atoms with E-state index in [-0.39, 0.29) is 34.6 Å². The molecule has 1 saturated heterocycles. The summed E-state index contributed by atoms with van der Waals surface area (Å²) in [5.41, 5.74) is 0.595. The Hall–Kier alpha value is -1.14. The lowest BCUT2D eigenvalue weighted by atomic mass is 10.1. The van der Waals surface area contributed by atoms with Gasteiger partial charge in [-0.1, -0.05) is 23.2 Å². The van der Waals surface area contributed by atoms with Crippen LogP contribution < -0.4 is 4.90 Å². The van der Waals surface area contributed by atoms with Gasteiger partial charge in [-0.05, 0) is 25.0 Å². The lowest BCUT2D eigenvalue weighted by Gasteiger charge is -2.29. The third-order valence-electron chi connectivity index (χ3n) is 3.99. The maximum atomic E-state index is 12.4. The molecule has 2 atom stereocenters. The zero-order valence-corrected chi connectivity index (χ0v) is 12.7. The highest BCUT2D eigenvalue weighted by atomic mass is 35.5. The van der Waals surface area contributed by atoms with Gasteiger partial charge in [-0.15, -0.1) is 0 Å². The molecule has 7 heteroatoms. The van der Waals surface area contributed by atoms with Crippen LogP contribution in [0.5, 0.6) is 0 Å². The highest BCUT2D eigenvalue weighted by Gasteiger charge is 2.39. The molecule has 2 amide bonds. The molecule has 0 aliphatic carbocycles. The molecule has 5 nitrogen and oxygen atoms in total. The summed E-state index contributed by atoms with van der Waals surface area (Å²) in [6, 6.07) is 2.89. The highest BCUT2D eigenvalue weighted by Crippen LogP contribution is 2.31. The highest BCUT2D eigenvalue weighted by molar-refractivity contribution is 6.43. The van der Waals surface area contributed by atoms with E-state index in [2.05, 4.69) is 0 Å². The molecule has 1 fully saturated rings. The SMILES string of the molecule is O=C1c2cc(Cl)c(Cl)cc2C(=O)N1C[NH+]1CCC[C@H](O)C1. The van der Waals surface area contributed by atoms with E-state index in [4.69, 9.17) is 23.2 Å². The van der Waals surface area contributed by atoms with Gasteiger partial charge in [0.25, 0.3) is 11.8 Å². The summed E-state index contributed by atoms with van der Waals surface area (Å²) in [6.07, 6.45) is 1.29. The number of hydrogen-bond acceptors (Lipinski definition) is 3. The van der Waals surface area contributed by atoms with Gasteiger partial charge in [-0.3, -0.25) is 9.59 Å². The Balaban J connectivity index is 1.83. The molecule has 2 aliphatic rings. The molecule has 112 valence electrons. The number of piperidine rings is 1. The number of fused-ring (bicyclic) bond motifs is 1. The Morgan fingerprint density at radius 2 is 1.76 bits per heavy atom. The van der Waals surface area contributed by atoms with Crippen molar-refractivity contribution in [2.45, 2.75) is 18.9 Å². The lowest BCUT2D eigenvalue weighted by Crippen LogP contribution is -3.15. The normalized spacial score (nSPS) is 25.4. The molecule has 0 bridgehead atoms. The fourth-order valence-corrected chi connectivity index (χ4v) is 3.25. The van der Waals surface area contributed by atoms with Gasteiger partial charge in [0.2, 0.25) is 0 Å². The van der Waals surface area contributed by atoms with Crippen molar-refractivity contribution in [3.05, 3.63) is 33.3 Å². The summed E-state index contributed by atoms with van der Waals surface area (Å²) in [6.45, 7) is 1.65. The third-order valence-corrected chi connectivity index (χ3v) is 4.71. The minimum atomic E-state index is -0.368. The molecule has 1 unspecified atom stereocenters. The van der Waals surface area contributed by atoms with E-state index < -0.39 is 0 Å². The molecule has 0 radical (unpaired) electrons. The maximum absolute atomic E-state index is 12.4. The van der Waals surface area contributed by atoms with Crippen LogP contribution in [0.2, 0.25) is 10.0 Å². The first-order valence-electron chi connectivity index (χ1n) is 6.84. The van der Waals surface area contributed by atoms with E-state index in [9.17, 15) is 14.7 Å². The molecular formula is C14H15Cl2N2O3+. The first-order valence-corrected chi connectivity index (χ1v) is 7.60. The van der Waals surface area contributed by atoms with Crippen LogP contribution in [-0.2, 0) is 0 Å². The van der Waals surface area contributed by atoms with Crippen LogP contribution in [0.25, 0.3) is 0 Å². The number of hydrogen-bond donors (Lipinski definition) is 2. The molecule has 1 aromatic carbocycles. The lowest BCUT2D eigenvalue weighted by molar-refractivity contribution is -0.915. The number of carbonyl (C=O) groups is 2. The number of imide groups is 1. The van der Waals surface area contributed by atoms with Crippen molar-refractivity contribution in [3.8, 4) is 0 Å². The van der Waals surface area contributed by atoms with Crippen molar-refractivity contribution >= 4 is 35.0 Å². The number of quaternary nitrogens is 1. The number of carbonyl (C=O) groups excluding carboxylic acids is 2. The fraction of sp³-hybridized carbons (Fsp3) is 0.429. The summed E-state index contributed by atoms with van der Waals surface area (Å²) < 4.78 is 0. The van der Waals surface area contributed by atoms with Crippen molar-refractivity contribution in [1.82, 2.24) is 4.90 Å². The number of amides is 2. The Morgan fingerprint density at radius 1 is 1.19 bits per heavy atom. The largest absolute Gasteiger partial charge is 0.387 e. The van der Waals surface area contributed by atoms with Crippen molar-refractivity contribution in [3.63, 3.8) is 0 Å². The second-order valence-corrected chi connectivity index (χ2v) is 6.32. The van der Waals surface area contributed by atoms with Gasteiger partial charge in [0.1, 0.15) is 12.6 Å². The minimum Gasteiger partial charge on any atom is -0.387 e. The van der Waals surface area contributed by atoms with E-state index in [0.717, 1.165) is 24.3 Å². The van der Waals surface area contributed by atoms with Gasteiger partial charge in [0, 0.05) is 0 Å². The second kappa shape index (κ2) is 5.57. The van der Waals surface area contributed by atoms with Gasteiger partial charge in [-0.25, -0.2) is 4.90 Å². The summed E-state index contributed by atoms with van der Waals surface area (Å²) in [7, 11) is 0. The minimum absolute atomic E-state index is 0.263. The van der Waals surface area contributed by atoms with E-state index in [1.807, 2.05) is 0 Å². The number of aliphatic hydroxyl groups excluding tert-OH is 1. The Labute approximate surface area is 132 Å². The predicted molar refractivity (Wildman–Crippen MR) is 77.8 cm³/mol. The predicted octanol–water partition coefficient (Wildman–Crippen LogP) is 0.587. The van der Waals surface area contributed by atoms with E-state index in [0.29, 0.717) is 17.7 Å².